The van der Waals surface area contributed by atoms with Crippen LogP contribution in [0, 0.1) is 0 Å². The first kappa shape index (κ1) is 20.4. The van der Waals surface area contributed by atoms with Gasteiger partial charge in [-0.2, -0.15) is 0 Å². The van der Waals surface area contributed by atoms with E-state index in [4.69, 9.17) is 21.1 Å². The highest BCUT2D eigenvalue weighted by Crippen LogP contribution is 2.25. The zero-order valence-corrected chi connectivity index (χ0v) is 17.1. The molecule has 0 aliphatic carbocycles. The standard InChI is InChI=1S/C26H17ClO4/c27-26(29)20-10-16-24(17-11-20)31-23-14-8-19(9-15-23)25(28)18-6-12-22(13-7-18)30-21-4-2-1-3-5-21/h1-17H. The van der Waals surface area contributed by atoms with E-state index in [1.165, 1.54) is 0 Å². The normalized spacial score (nSPS) is 10.4. The predicted molar refractivity (Wildman–Crippen MR) is 120 cm³/mol. The van der Waals surface area contributed by atoms with Gasteiger partial charge in [0.05, 0.1) is 0 Å². The van der Waals surface area contributed by atoms with E-state index in [1.807, 2.05) is 30.3 Å². The van der Waals surface area contributed by atoms with Crippen molar-refractivity contribution in [2.45, 2.75) is 0 Å². The van der Waals surface area contributed by atoms with Crippen molar-refractivity contribution < 1.29 is 19.1 Å². The number of carbonyl (C=O) groups excluding carboxylic acids is 2. The van der Waals surface area contributed by atoms with Gasteiger partial charge in [-0.1, -0.05) is 18.2 Å². The van der Waals surface area contributed by atoms with Crippen LogP contribution in [0.4, 0.5) is 0 Å². The van der Waals surface area contributed by atoms with Crippen molar-refractivity contribution in [3.63, 3.8) is 0 Å². The molecule has 0 N–H and O–H groups in total. The average Bonchev–Trinajstić information content (AvgIpc) is 2.81. The molecule has 0 saturated heterocycles. The summed E-state index contributed by atoms with van der Waals surface area (Å²) in [5.41, 5.74) is 1.51. The Kier molecular flexibility index (Phi) is 6.11. The molecule has 0 saturated carbocycles. The number of benzene rings is 4. The molecule has 0 bridgehead atoms. The number of rotatable bonds is 7. The van der Waals surface area contributed by atoms with Gasteiger partial charge in [-0.15, -0.1) is 0 Å². The Labute approximate surface area is 184 Å². The van der Waals surface area contributed by atoms with Gasteiger partial charge >= 0.3 is 0 Å². The van der Waals surface area contributed by atoms with E-state index in [1.54, 1.807) is 72.8 Å². The molecule has 0 aliphatic rings. The molecule has 4 aromatic rings. The lowest BCUT2D eigenvalue weighted by molar-refractivity contribution is 0.103. The van der Waals surface area contributed by atoms with Gasteiger partial charge in [-0.25, -0.2) is 0 Å². The van der Waals surface area contributed by atoms with Crippen LogP contribution in [-0.4, -0.2) is 11.0 Å². The number of ether oxygens (including phenoxy) is 2. The van der Waals surface area contributed by atoms with Crippen molar-refractivity contribution in [3.05, 3.63) is 120 Å². The number of ketones is 1. The van der Waals surface area contributed by atoms with Crippen LogP contribution < -0.4 is 9.47 Å². The first-order valence-corrected chi connectivity index (χ1v) is 9.92. The van der Waals surface area contributed by atoms with E-state index in [-0.39, 0.29) is 5.78 Å². The fourth-order valence-corrected chi connectivity index (χ4v) is 3.06. The first-order chi connectivity index (χ1) is 15.1. The van der Waals surface area contributed by atoms with Crippen LogP contribution in [0.5, 0.6) is 23.0 Å². The molecule has 4 nitrogen and oxygen atoms in total. The van der Waals surface area contributed by atoms with Gasteiger partial charge in [0, 0.05) is 16.7 Å². The molecule has 4 aromatic carbocycles. The van der Waals surface area contributed by atoms with Gasteiger partial charge in [0.1, 0.15) is 23.0 Å². The molecule has 0 aliphatic heterocycles. The maximum atomic E-state index is 12.8. The van der Waals surface area contributed by atoms with Gasteiger partial charge in [-0.05, 0) is 96.5 Å². The van der Waals surface area contributed by atoms with E-state index in [2.05, 4.69) is 0 Å². The van der Waals surface area contributed by atoms with Crippen LogP contribution in [0.15, 0.2) is 103 Å². The molecule has 0 amide bonds. The highest BCUT2D eigenvalue weighted by Gasteiger charge is 2.10. The molecule has 0 unspecified atom stereocenters. The Morgan fingerprint density at radius 3 is 1.23 bits per heavy atom. The molecular formula is C26H17ClO4. The van der Waals surface area contributed by atoms with Crippen LogP contribution >= 0.6 is 11.6 Å². The summed E-state index contributed by atoms with van der Waals surface area (Å²) in [6.07, 6.45) is 0. The monoisotopic (exact) mass is 428 g/mol. The van der Waals surface area contributed by atoms with Gasteiger partial charge in [0.2, 0.25) is 0 Å². The molecular weight excluding hydrogens is 412 g/mol. The minimum Gasteiger partial charge on any atom is -0.457 e. The Morgan fingerprint density at radius 2 is 0.839 bits per heavy atom. The molecule has 5 heteroatoms. The van der Waals surface area contributed by atoms with Gasteiger partial charge in [0.15, 0.2) is 5.78 Å². The summed E-state index contributed by atoms with van der Waals surface area (Å²) >= 11 is 5.44. The summed E-state index contributed by atoms with van der Waals surface area (Å²) in [5, 5.41) is -0.519. The topological polar surface area (TPSA) is 52.6 Å². The zero-order valence-electron chi connectivity index (χ0n) is 16.3. The van der Waals surface area contributed by atoms with Crippen LogP contribution in [0.1, 0.15) is 26.3 Å². The fraction of sp³-hybridized carbons (Fsp3) is 0. The molecule has 152 valence electrons. The summed E-state index contributed by atoms with van der Waals surface area (Å²) in [5.74, 6) is 2.44. The molecule has 0 atom stereocenters. The summed E-state index contributed by atoms with van der Waals surface area (Å²) in [7, 11) is 0. The number of carbonyl (C=O) groups is 2. The third-order valence-corrected chi connectivity index (χ3v) is 4.75. The number of para-hydroxylation sites is 1. The number of hydrogen-bond donors (Lipinski definition) is 0. The Hall–Kier alpha value is -3.89. The van der Waals surface area contributed by atoms with Crippen LogP contribution in [0.3, 0.4) is 0 Å². The summed E-state index contributed by atoms with van der Waals surface area (Å²) in [4.78, 5) is 23.9. The van der Waals surface area contributed by atoms with Crippen LogP contribution in [0.25, 0.3) is 0 Å². The second-order valence-electron chi connectivity index (χ2n) is 6.69. The lowest BCUT2D eigenvalue weighted by atomic mass is 10.0. The Balaban J connectivity index is 1.41. The molecule has 0 heterocycles. The van der Waals surface area contributed by atoms with Crippen LogP contribution in [-0.2, 0) is 0 Å². The van der Waals surface area contributed by atoms with Crippen molar-refractivity contribution in [3.8, 4) is 23.0 Å². The maximum absolute atomic E-state index is 12.8. The highest BCUT2D eigenvalue weighted by atomic mass is 35.5. The van der Waals surface area contributed by atoms with Crippen molar-refractivity contribution in [2.75, 3.05) is 0 Å². The fourth-order valence-electron chi connectivity index (χ4n) is 2.93. The largest absolute Gasteiger partial charge is 0.457 e. The minimum absolute atomic E-state index is 0.0946. The smallest absolute Gasteiger partial charge is 0.252 e. The van der Waals surface area contributed by atoms with E-state index in [0.29, 0.717) is 33.9 Å². The second kappa shape index (κ2) is 9.28. The van der Waals surface area contributed by atoms with Crippen molar-refractivity contribution in [1.82, 2.24) is 0 Å². The third kappa shape index (κ3) is 5.18. The molecule has 0 radical (unpaired) electrons. The van der Waals surface area contributed by atoms with Gasteiger partial charge in [-0.3, -0.25) is 9.59 Å². The van der Waals surface area contributed by atoms with Crippen LogP contribution in [0.2, 0.25) is 0 Å². The van der Waals surface area contributed by atoms with Crippen molar-refractivity contribution >= 4 is 22.6 Å². The van der Waals surface area contributed by atoms with Crippen molar-refractivity contribution in [1.29, 1.82) is 0 Å². The van der Waals surface area contributed by atoms with Gasteiger partial charge < -0.3 is 9.47 Å². The van der Waals surface area contributed by atoms with Gasteiger partial charge in [0.25, 0.3) is 5.24 Å². The van der Waals surface area contributed by atoms with Crippen molar-refractivity contribution in [2.24, 2.45) is 0 Å². The number of halogens is 1. The Bertz CT molecular complexity index is 1180. The summed E-state index contributed by atoms with van der Waals surface area (Å²) < 4.78 is 11.5. The molecule has 0 fully saturated rings. The molecule has 31 heavy (non-hydrogen) atoms. The molecule has 4 rings (SSSR count). The SMILES string of the molecule is O=C(Cl)c1ccc(Oc2ccc(C(=O)c3ccc(Oc4ccccc4)cc3)cc2)cc1. The second-order valence-corrected chi connectivity index (χ2v) is 7.04. The summed E-state index contributed by atoms with van der Waals surface area (Å²) in [6, 6.07) is 29.9. The highest BCUT2D eigenvalue weighted by molar-refractivity contribution is 6.67. The third-order valence-electron chi connectivity index (χ3n) is 4.53. The maximum Gasteiger partial charge on any atom is 0.252 e. The molecule has 0 spiro atoms. The summed E-state index contributed by atoms with van der Waals surface area (Å²) in [6.45, 7) is 0. The average molecular weight is 429 g/mol. The van der Waals surface area contributed by atoms with E-state index in [9.17, 15) is 9.59 Å². The van der Waals surface area contributed by atoms with E-state index >= 15 is 0 Å². The first-order valence-electron chi connectivity index (χ1n) is 9.54. The van der Waals surface area contributed by atoms with E-state index < -0.39 is 5.24 Å². The Morgan fingerprint density at radius 1 is 0.484 bits per heavy atom. The minimum atomic E-state index is -0.519. The zero-order chi connectivity index (χ0) is 21.6. The van der Waals surface area contributed by atoms with E-state index in [0.717, 1.165) is 5.75 Å². The predicted octanol–water partition coefficient (Wildman–Crippen LogP) is 6.88. The lowest BCUT2D eigenvalue weighted by Gasteiger charge is -2.08. The quantitative estimate of drug-likeness (QED) is 0.238. The lowest BCUT2D eigenvalue weighted by Crippen LogP contribution is -2.01. The molecule has 0 aromatic heterocycles. The number of hydrogen-bond acceptors (Lipinski definition) is 4.